The van der Waals surface area contributed by atoms with Gasteiger partial charge in [-0.25, -0.2) is 4.98 Å². The Morgan fingerprint density at radius 3 is 2.69 bits per heavy atom. The molecule has 1 amide bonds. The lowest BCUT2D eigenvalue weighted by Gasteiger charge is -2.17. The molecule has 0 spiro atoms. The Bertz CT molecular complexity index is 1120. The number of methoxy groups -OCH3 is 1. The molecule has 0 aliphatic rings. The van der Waals surface area contributed by atoms with Crippen molar-refractivity contribution in [1.82, 2.24) is 9.88 Å². The van der Waals surface area contributed by atoms with Crippen LogP contribution in [0.3, 0.4) is 0 Å². The zero-order valence-corrected chi connectivity index (χ0v) is 17.5. The van der Waals surface area contributed by atoms with Crippen LogP contribution in [0.5, 0.6) is 5.75 Å². The molecule has 0 fully saturated rings. The molecule has 29 heavy (non-hydrogen) atoms. The molecule has 5 heteroatoms. The van der Waals surface area contributed by atoms with E-state index in [9.17, 15) is 4.79 Å². The number of aryl methyl sites for hydroxylation is 1. The Hall–Kier alpha value is -2.92. The predicted octanol–water partition coefficient (Wildman–Crippen LogP) is 5.44. The number of hydrogen-bond acceptors (Lipinski definition) is 4. The Morgan fingerprint density at radius 1 is 1.07 bits per heavy atom. The highest BCUT2D eigenvalue weighted by Crippen LogP contribution is 2.24. The lowest BCUT2D eigenvalue weighted by Crippen LogP contribution is -2.25. The van der Waals surface area contributed by atoms with Gasteiger partial charge in [0.2, 0.25) is 5.91 Å². The lowest BCUT2D eigenvalue weighted by molar-refractivity contribution is -0.130. The van der Waals surface area contributed by atoms with E-state index in [0.29, 0.717) is 13.0 Å². The number of carbonyl (C=O) groups excluding carboxylic acids is 1. The van der Waals surface area contributed by atoms with Crippen LogP contribution in [-0.2, 0) is 17.8 Å². The number of fused-ring (bicyclic) bond motifs is 2. The minimum atomic E-state index is 0.168. The van der Waals surface area contributed by atoms with E-state index in [1.165, 1.54) is 4.70 Å². The van der Waals surface area contributed by atoms with Crippen molar-refractivity contribution in [2.75, 3.05) is 14.2 Å². The standard InChI is InChI=1S/C24H24N2O2S/c1-26(16-17-10-11-19-15-20(28-2)13-12-18(19)14-17)24(27)9-5-8-23-25-21-6-3-4-7-22(21)29-23/h3-4,6-7,10-15H,5,8-9,16H2,1-2H3. The van der Waals surface area contributed by atoms with Crippen molar-refractivity contribution in [2.24, 2.45) is 0 Å². The molecule has 148 valence electrons. The summed E-state index contributed by atoms with van der Waals surface area (Å²) in [7, 11) is 3.55. The number of thiazole rings is 1. The molecule has 0 saturated heterocycles. The molecule has 0 saturated carbocycles. The van der Waals surface area contributed by atoms with Crippen molar-refractivity contribution < 1.29 is 9.53 Å². The van der Waals surface area contributed by atoms with Crippen molar-refractivity contribution in [3.8, 4) is 5.75 Å². The molecule has 0 aliphatic carbocycles. The number of ether oxygens (including phenoxy) is 1. The highest BCUT2D eigenvalue weighted by molar-refractivity contribution is 7.18. The molecular formula is C24H24N2O2S. The van der Waals surface area contributed by atoms with Crippen LogP contribution in [0.25, 0.3) is 21.0 Å². The summed E-state index contributed by atoms with van der Waals surface area (Å²) in [6, 6.07) is 20.5. The van der Waals surface area contributed by atoms with Gasteiger partial charge in [0.1, 0.15) is 5.75 Å². The highest BCUT2D eigenvalue weighted by atomic mass is 32.1. The Labute approximate surface area is 174 Å². The second-order valence-corrected chi connectivity index (χ2v) is 8.34. The Kier molecular flexibility index (Phi) is 5.76. The average Bonchev–Trinajstić information content (AvgIpc) is 3.16. The van der Waals surface area contributed by atoms with E-state index in [-0.39, 0.29) is 5.91 Å². The lowest BCUT2D eigenvalue weighted by atomic mass is 10.1. The van der Waals surface area contributed by atoms with Gasteiger partial charge in [-0.3, -0.25) is 4.79 Å². The monoisotopic (exact) mass is 404 g/mol. The van der Waals surface area contributed by atoms with Crippen LogP contribution < -0.4 is 4.74 Å². The fourth-order valence-electron chi connectivity index (χ4n) is 3.47. The molecule has 4 nitrogen and oxygen atoms in total. The van der Waals surface area contributed by atoms with E-state index in [1.54, 1.807) is 18.4 Å². The molecule has 0 atom stereocenters. The van der Waals surface area contributed by atoms with E-state index in [4.69, 9.17) is 4.74 Å². The number of benzene rings is 3. The number of nitrogens with zero attached hydrogens (tertiary/aromatic N) is 2. The second-order valence-electron chi connectivity index (χ2n) is 7.23. The van der Waals surface area contributed by atoms with Gasteiger partial charge in [0.05, 0.1) is 22.3 Å². The van der Waals surface area contributed by atoms with E-state index < -0.39 is 0 Å². The number of rotatable bonds is 7. The number of carbonyl (C=O) groups is 1. The van der Waals surface area contributed by atoms with Crippen molar-refractivity contribution in [3.63, 3.8) is 0 Å². The van der Waals surface area contributed by atoms with Gasteiger partial charge >= 0.3 is 0 Å². The Morgan fingerprint density at radius 2 is 1.86 bits per heavy atom. The summed E-state index contributed by atoms with van der Waals surface area (Å²) in [4.78, 5) is 19.0. The fraction of sp³-hybridized carbons (Fsp3) is 0.250. The van der Waals surface area contributed by atoms with Crippen LogP contribution in [0.15, 0.2) is 60.7 Å². The molecule has 1 aromatic heterocycles. The van der Waals surface area contributed by atoms with Crippen molar-refractivity contribution in [1.29, 1.82) is 0 Å². The van der Waals surface area contributed by atoms with Gasteiger partial charge < -0.3 is 9.64 Å². The summed E-state index contributed by atoms with van der Waals surface area (Å²) in [6.07, 6.45) is 2.20. The number of amides is 1. The fourth-order valence-corrected chi connectivity index (χ4v) is 4.48. The topological polar surface area (TPSA) is 42.4 Å². The quantitative estimate of drug-likeness (QED) is 0.412. The van der Waals surface area contributed by atoms with Gasteiger partial charge in [0.15, 0.2) is 0 Å². The van der Waals surface area contributed by atoms with Crippen LogP contribution in [0.2, 0.25) is 0 Å². The summed E-state index contributed by atoms with van der Waals surface area (Å²) in [5.41, 5.74) is 2.18. The van der Waals surface area contributed by atoms with Crippen LogP contribution in [0, 0.1) is 0 Å². The molecule has 1 heterocycles. The number of para-hydroxylation sites is 1. The molecule has 0 N–H and O–H groups in total. The van der Waals surface area contributed by atoms with Gasteiger partial charge in [-0.15, -0.1) is 11.3 Å². The number of aromatic nitrogens is 1. The normalized spacial score (nSPS) is 11.1. The van der Waals surface area contributed by atoms with E-state index in [2.05, 4.69) is 35.3 Å². The van der Waals surface area contributed by atoms with Crippen LogP contribution in [0.1, 0.15) is 23.4 Å². The van der Waals surface area contributed by atoms with Gasteiger partial charge in [-0.05, 0) is 59.5 Å². The molecule has 0 bridgehead atoms. The van der Waals surface area contributed by atoms with E-state index >= 15 is 0 Å². The molecule has 0 aliphatic heterocycles. The zero-order chi connectivity index (χ0) is 20.2. The first kappa shape index (κ1) is 19.4. The molecule has 3 aromatic carbocycles. The van der Waals surface area contributed by atoms with Gasteiger partial charge in [0, 0.05) is 20.0 Å². The van der Waals surface area contributed by atoms with Crippen LogP contribution in [-0.4, -0.2) is 29.9 Å². The molecular weight excluding hydrogens is 380 g/mol. The maximum atomic E-state index is 12.5. The maximum absolute atomic E-state index is 12.5. The summed E-state index contributed by atoms with van der Waals surface area (Å²) in [5, 5.41) is 3.39. The summed E-state index contributed by atoms with van der Waals surface area (Å²) in [6.45, 7) is 0.613. The number of hydrogen-bond donors (Lipinski definition) is 0. The zero-order valence-electron chi connectivity index (χ0n) is 16.7. The van der Waals surface area contributed by atoms with Gasteiger partial charge in [0.25, 0.3) is 0 Å². The minimum absolute atomic E-state index is 0.168. The largest absolute Gasteiger partial charge is 0.497 e. The summed E-state index contributed by atoms with van der Waals surface area (Å²) in [5.74, 6) is 1.02. The third-order valence-corrected chi connectivity index (χ3v) is 6.17. The smallest absolute Gasteiger partial charge is 0.222 e. The summed E-state index contributed by atoms with van der Waals surface area (Å²) >= 11 is 1.72. The molecule has 4 rings (SSSR count). The van der Waals surface area contributed by atoms with E-state index in [0.717, 1.165) is 45.5 Å². The van der Waals surface area contributed by atoms with Gasteiger partial charge in [-0.1, -0.05) is 30.3 Å². The third-order valence-electron chi connectivity index (χ3n) is 5.08. The van der Waals surface area contributed by atoms with Crippen molar-refractivity contribution >= 4 is 38.2 Å². The molecule has 4 aromatic rings. The minimum Gasteiger partial charge on any atom is -0.497 e. The maximum Gasteiger partial charge on any atom is 0.222 e. The second kappa shape index (κ2) is 8.62. The molecule has 0 unspecified atom stereocenters. The van der Waals surface area contributed by atoms with Crippen molar-refractivity contribution in [2.45, 2.75) is 25.8 Å². The first-order valence-electron chi connectivity index (χ1n) is 9.77. The van der Waals surface area contributed by atoms with Crippen LogP contribution >= 0.6 is 11.3 Å². The SMILES string of the molecule is COc1ccc2cc(CN(C)C(=O)CCCc3nc4ccccc4s3)ccc2c1. The summed E-state index contributed by atoms with van der Waals surface area (Å²) < 4.78 is 6.49. The van der Waals surface area contributed by atoms with E-state index in [1.807, 2.05) is 42.3 Å². The predicted molar refractivity (Wildman–Crippen MR) is 120 cm³/mol. The third kappa shape index (κ3) is 4.57. The van der Waals surface area contributed by atoms with Gasteiger partial charge in [-0.2, -0.15) is 0 Å². The van der Waals surface area contributed by atoms with Crippen LogP contribution in [0.4, 0.5) is 0 Å². The first-order chi connectivity index (χ1) is 14.1. The highest BCUT2D eigenvalue weighted by Gasteiger charge is 2.11. The average molecular weight is 405 g/mol. The Balaban J connectivity index is 1.32. The molecule has 0 radical (unpaired) electrons. The first-order valence-corrected chi connectivity index (χ1v) is 10.6. The van der Waals surface area contributed by atoms with Crippen molar-refractivity contribution in [3.05, 3.63) is 71.2 Å².